The van der Waals surface area contributed by atoms with Crippen LogP contribution in [0.15, 0.2) is 16.6 Å². The van der Waals surface area contributed by atoms with E-state index >= 15 is 0 Å². The molecule has 1 aromatic heterocycles. The summed E-state index contributed by atoms with van der Waals surface area (Å²) < 4.78 is 9.46. The van der Waals surface area contributed by atoms with Crippen LogP contribution >= 0.6 is 0 Å². The molecule has 0 aliphatic heterocycles. The zero-order chi connectivity index (χ0) is 15.6. The monoisotopic (exact) mass is 290 g/mol. The fourth-order valence-electron chi connectivity index (χ4n) is 1.75. The third kappa shape index (κ3) is 2.81. The maximum atomic E-state index is 12.0. The number of rotatable bonds is 4. The van der Waals surface area contributed by atoms with E-state index in [1.807, 2.05) is 0 Å². The number of aromatic hydroxyl groups is 1. The maximum absolute atomic E-state index is 12.0. The topological polar surface area (TPSA) is 111 Å². The number of carbonyl (C=O) groups is 4. The van der Waals surface area contributed by atoms with Gasteiger partial charge in [0.25, 0.3) is 5.95 Å². The van der Waals surface area contributed by atoms with Gasteiger partial charge in [-0.2, -0.15) is 0 Å². The molecule has 0 amide bonds. The Balaban J connectivity index is 2.43. The van der Waals surface area contributed by atoms with E-state index in [9.17, 15) is 24.3 Å². The van der Waals surface area contributed by atoms with Crippen LogP contribution < -0.4 is 10.6 Å². The molecule has 108 valence electrons. The van der Waals surface area contributed by atoms with Gasteiger partial charge in [0.15, 0.2) is 5.78 Å². The van der Waals surface area contributed by atoms with Crippen molar-refractivity contribution in [1.29, 1.82) is 0 Å². The fourth-order valence-corrected chi connectivity index (χ4v) is 1.75. The van der Waals surface area contributed by atoms with Gasteiger partial charge in [-0.05, 0) is 13.0 Å². The summed E-state index contributed by atoms with van der Waals surface area (Å²) in [4.78, 5) is 45.6. The van der Waals surface area contributed by atoms with Crippen molar-refractivity contribution in [2.45, 2.75) is 6.92 Å². The van der Waals surface area contributed by atoms with Gasteiger partial charge in [-0.25, -0.2) is 4.79 Å². The van der Waals surface area contributed by atoms with Crippen LogP contribution in [0.25, 0.3) is 12.2 Å². The van der Waals surface area contributed by atoms with Crippen LogP contribution in [-0.2, 0) is 19.1 Å². The minimum absolute atomic E-state index is 0.00982. The molecule has 1 heterocycles. The molecule has 7 heteroatoms. The van der Waals surface area contributed by atoms with Gasteiger partial charge in [-0.3, -0.25) is 14.4 Å². The fraction of sp³-hybridized carbons (Fsp3) is 0.143. The highest BCUT2D eigenvalue weighted by Gasteiger charge is 2.22. The predicted molar refractivity (Wildman–Crippen MR) is 68.7 cm³/mol. The quantitative estimate of drug-likeness (QED) is 0.327. The van der Waals surface area contributed by atoms with Crippen molar-refractivity contribution in [2.75, 3.05) is 6.61 Å². The molecule has 0 saturated heterocycles. The van der Waals surface area contributed by atoms with Crippen molar-refractivity contribution in [3.63, 3.8) is 0 Å². The van der Waals surface area contributed by atoms with Gasteiger partial charge in [0.05, 0.1) is 6.61 Å². The van der Waals surface area contributed by atoms with Crippen molar-refractivity contribution in [1.82, 2.24) is 0 Å². The Hall–Kier alpha value is -2.96. The average molecular weight is 290 g/mol. The molecule has 0 saturated carbocycles. The van der Waals surface area contributed by atoms with E-state index in [4.69, 9.17) is 4.42 Å². The number of ketones is 3. The van der Waals surface area contributed by atoms with Crippen LogP contribution in [-0.4, -0.2) is 35.0 Å². The number of allylic oxidation sites excluding steroid dienone is 1. The van der Waals surface area contributed by atoms with Crippen molar-refractivity contribution >= 4 is 35.5 Å². The third-order valence-electron chi connectivity index (χ3n) is 2.64. The lowest BCUT2D eigenvalue weighted by Crippen LogP contribution is -2.33. The standard InChI is InChI=1S/C14H10O7/c1-2-20-12(18)4-3-8(15)13-7-5-9(16)10(17)6-11(7)21-14(13)19/h3-6,19H,2H2,1H3/b4-3-. The number of hydrogen-bond donors (Lipinski definition) is 1. The normalized spacial score (nSPS) is 13.6. The lowest BCUT2D eigenvalue weighted by molar-refractivity contribution is -0.137. The predicted octanol–water partition coefficient (Wildman–Crippen LogP) is -1.00. The van der Waals surface area contributed by atoms with E-state index < -0.39 is 29.3 Å². The van der Waals surface area contributed by atoms with Gasteiger partial charge in [0.2, 0.25) is 11.6 Å². The summed E-state index contributed by atoms with van der Waals surface area (Å²) in [6.45, 7) is 1.77. The van der Waals surface area contributed by atoms with E-state index in [0.29, 0.717) is 0 Å². The molecule has 21 heavy (non-hydrogen) atoms. The van der Waals surface area contributed by atoms with Gasteiger partial charge >= 0.3 is 5.97 Å². The molecule has 0 unspecified atom stereocenters. The molecule has 2 rings (SSSR count). The Kier molecular flexibility index (Phi) is 3.84. The van der Waals surface area contributed by atoms with Gasteiger partial charge < -0.3 is 14.3 Å². The Labute approximate surface area is 117 Å². The molecule has 7 nitrogen and oxygen atoms in total. The lowest BCUT2D eigenvalue weighted by atomic mass is 10.1. The number of ether oxygens (including phenoxy) is 1. The van der Waals surface area contributed by atoms with Gasteiger partial charge in [0.1, 0.15) is 11.0 Å². The van der Waals surface area contributed by atoms with E-state index in [0.717, 1.165) is 24.3 Å². The summed E-state index contributed by atoms with van der Waals surface area (Å²) in [5.41, 5.74) is -0.368. The summed E-state index contributed by atoms with van der Waals surface area (Å²) in [7, 11) is 0. The van der Waals surface area contributed by atoms with Crippen LogP contribution in [0.4, 0.5) is 0 Å². The molecule has 0 spiro atoms. The smallest absolute Gasteiger partial charge is 0.330 e. The van der Waals surface area contributed by atoms with Crippen LogP contribution in [0.1, 0.15) is 17.3 Å². The Morgan fingerprint density at radius 2 is 1.90 bits per heavy atom. The highest BCUT2D eigenvalue weighted by Crippen LogP contribution is 2.12. The lowest BCUT2D eigenvalue weighted by Gasteiger charge is -1.95. The third-order valence-corrected chi connectivity index (χ3v) is 2.64. The summed E-state index contributed by atoms with van der Waals surface area (Å²) in [6, 6.07) is 0. The molecule has 1 aromatic rings. The number of Topliss-reactive ketones (excluding diaryl/α,β-unsaturated/α-hetero) is 2. The Bertz CT molecular complexity index is 792. The molecule has 0 radical (unpaired) electrons. The number of hydrogen-bond acceptors (Lipinski definition) is 7. The zero-order valence-corrected chi connectivity index (χ0v) is 10.9. The molecule has 0 aromatic carbocycles. The Morgan fingerprint density at radius 3 is 2.57 bits per heavy atom. The van der Waals surface area contributed by atoms with Crippen molar-refractivity contribution in [3.8, 4) is 5.95 Å². The molecular weight excluding hydrogens is 280 g/mol. The van der Waals surface area contributed by atoms with Crippen LogP contribution in [0.2, 0.25) is 0 Å². The van der Waals surface area contributed by atoms with Gasteiger partial charge in [-0.1, -0.05) is 0 Å². The second kappa shape index (κ2) is 5.58. The molecule has 1 aliphatic rings. The molecular formula is C14H10O7. The first-order valence-corrected chi connectivity index (χ1v) is 5.96. The minimum Gasteiger partial charge on any atom is -0.480 e. The van der Waals surface area contributed by atoms with Gasteiger partial charge in [-0.15, -0.1) is 0 Å². The average Bonchev–Trinajstić information content (AvgIpc) is 2.72. The second-order valence-corrected chi connectivity index (χ2v) is 4.03. The maximum Gasteiger partial charge on any atom is 0.330 e. The van der Waals surface area contributed by atoms with E-state index in [2.05, 4.69) is 4.74 Å². The largest absolute Gasteiger partial charge is 0.480 e. The van der Waals surface area contributed by atoms with Crippen LogP contribution in [0.3, 0.4) is 0 Å². The van der Waals surface area contributed by atoms with Crippen LogP contribution in [0.5, 0.6) is 5.95 Å². The van der Waals surface area contributed by atoms with E-state index in [1.54, 1.807) is 6.92 Å². The van der Waals surface area contributed by atoms with Crippen molar-refractivity contribution < 1.29 is 33.4 Å². The first-order chi connectivity index (χ1) is 9.93. The molecule has 0 atom stereocenters. The summed E-state index contributed by atoms with van der Waals surface area (Å²) >= 11 is 0. The second-order valence-electron chi connectivity index (χ2n) is 4.03. The molecule has 0 bridgehead atoms. The summed E-state index contributed by atoms with van der Waals surface area (Å²) in [5, 5.41) is 9.62. The van der Waals surface area contributed by atoms with Crippen molar-refractivity contribution in [2.24, 2.45) is 0 Å². The molecule has 1 aliphatic carbocycles. The number of esters is 1. The minimum atomic E-state index is -0.827. The van der Waals surface area contributed by atoms with Gasteiger partial charge in [0, 0.05) is 23.4 Å². The molecule has 1 N–H and O–H groups in total. The summed E-state index contributed by atoms with van der Waals surface area (Å²) in [5.74, 6) is -3.83. The highest BCUT2D eigenvalue weighted by atomic mass is 16.5. The summed E-state index contributed by atoms with van der Waals surface area (Å²) in [6.07, 6.45) is 3.58. The van der Waals surface area contributed by atoms with Crippen LogP contribution in [0, 0.1) is 0 Å². The van der Waals surface area contributed by atoms with E-state index in [1.165, 1.54) is 0 Å². The highest BCUT2D eigenvalue weighted by molar-refractivity contribution is 6.57. The SMILES string of the molecule is CCOC(=O)/C=C\C(=O)c1c(O)oc2c1=CC(=O)C(=O)C=2. The number of furan rings is 1. The number of carbonyl (C=O) groups excluding carboxylic acids is 4. The van der Waals surface area contributed by atoms with E-state index in [-0.39, 0.29) is 22.8 Å². The first kappa shape index (κ1) is 14.4. The molecule has 0 fully saturated rings. The van der Waals surface area contributed by atoms with Crippen molar-refractivity contribution in [3.05, 3.63) is 28.3 Å². The first-order valence-electron chi connectivity index (χ1n) is 5.96. The number of fused-ring (bicyclic) bond motifs is 1. The zero-order valence-electron chi connectivity index (χ0n) is 10.9. The Morgan fingerprint density at radius 1 is 1.24 bits per heavy atom.